The molecular weight excluding hydrogens is 189 g/mol. The van der Waals surface area contributed by atoms with E-state index in [-0.39, 0.29) is 11.5 Å². The second-order valence-electron chi connectivity index (χ2n) is 2.86. The number of hydrogen-bond donors (Lipinski definition) is 1. The van der Waals surface area contributed by atoms with Gasteiger partial charge >= 0.3 is 0 Å². The molecule has 0 saturated heterocycles. The van der Waals surface area contributed by atoms with Crippen molar-refractivity contribution in [3.05, 3.63) is 29.6 Å². The van der Waals surface area contributed by atoms with Gasteiger partial charge in [0.2, 0.25) is 0 Å². The normalized spacial score (nSPS) is 9.85. The fraction of sp³-hybridized carbons (Fsp3) is 0.222. The van der Waals surface area contributed by atoms with Crippen molar-refractivity contribution in [2.75, 3.05) is 14.1 Å². The molecule has 1 rings (SSSR count). The molecule has 0 N–H and O–H groups in total. The summed E-state index contributed by atoms with van der Waals surface area (Å²) < 4.78 is 13.1. The minimum Gasteiger partial charge on any atom is -0.345 e. The lowest BCUT2D eigenvalue weighted by Crippen LogP contribution is -2.22. The molecule has 70 valence electrons. The molecule has 0 atom stereocenters. The summed E-state index contributed by atoms with van der Waals surface area (Å²) in [4.78, 5) is 13.3. The minimum absolute atomic E-state index is 0.0532. The monoisotopic (exact) mass is 199 g/mol. The van der Waals surface area contributed by atoms with Crippen LogP contribution in [0.2, 0.25) is 0 Å². The third kappa shape index (κ3) is 2.21. The maximum Gasteiger partial charge on any atom is 0.256 e. The standard InChI is InChI=1S/C9H10FNOS/c1-11(2)9(12)7-5-6(13)3-4-8(7)10/h3-5,13H,1-2H3. The van der Waals surface area contributed by atoms with Crippen molar-refractivity contribution in [3.63, 3.8) is 0 Å². The molecule has 0 aromatic heterocycles. The maximum absolute atomic E-state index is 13.1. The molecule has 0 radical (unpaired) electrons. The lowest BCUT2D eigenvalue weighted by Gasteiger charge is -2.10. The Bertz CT molecular complexity index is 338. The lowest BCUT2D eigenvalue weighted by molar-refractivity contribution is 0.0823. The van der Waals surface area contributed by atoms with Crippen LogP contribution in [0.25, 0.3) is 0 Å². The zero-order chi connectivity index (χ0) is 10.0. The van der Waals surface area contributed by atoms with Gasteiger partial charge in [-0.25, -0.2) is 4.39 Å². The lowest BCUT2D eigenvalue weighted by atomic mass is 10.2. The molecule has 0 spiro atoms. The predicted molar refractivity (Wildman–Crippen MR) is 51.7 cm³/mol. The average molecular weight is 199 g/mol. The first-order valence-corrected chi connectivity index (χ1v) is 4.17. The van der Waals surface area contributed by atoms with Crippen molar-refractivity contribution in [2.45, 2.75) is 4.90 Å². The Morgan fingerprint density at radius 2 is 2.08 bits per heavy atom. The molecule has 0 fully saturated rings. The van der Waals surface area contributed by atoms with E-state index in [2.05, 4.69) is 12.6 Å². The smallest absolute Gasteiger partial charge is 0.256 e. The number of nitrogens with zero attached hydrogens (tertiary/aromatic N) is 1. The Morgan fingerprint density at radius 1 is 1.46 bits per heavy atom. The number of carbonyl (C=O) groups excluding carboxylic acids is 1. The van der Waals surface area contributed by atoms with Crippen molar-refractivity contribution in [1.29, 1.82) is 0 Å². The van der Waals surface area contributed by atoms with E-state index in [0.29, 0.717) is 4.90 Å². The second kappa shape index (κ2) is 3.79. The van der Waals surface area contributed by atoms with Crippen LogP contribution in [0.5, 0.6) is 0 Å². The summed E-state index contributed by atoms with van der Waals surface area (Å²) >= 11 is 4.03. The molecule has 4 heteroatoms. The SMILES string of the molecule is CN(C)C(=O)c1cc(S)ccc1F. The van der Waals surface area contributed by atoms with Crippen LogP contribution in [0.4, 0.5) is 4.39 Å². The van der Waals surface area contributed by atoms with Gasteiger partial charge in [0.1, 0.15) is 5.82 Å². The van der Waals surface area contributed by atoms with E-state index in [0.717, 1.165) is 0 Å². The third-order valence-electron chi connectivity index (χ3n) is 1.59. The van der Waals surface area contributed by atoms with E-state index in [1.165, 1.54) is 23.1 Å². The number of thiol groups is 1. The van der Waals surface area contributed by atoms with Crippen LogP contribution in [0.1, 0.15) is 10.4 Å². The highest BCUT2D eigenvalue weighted by molar-refractivity contribution is 7.80. The molecule has 0 aliphatic rings. The number of halogens is 1. The van der Waals surface area contributed by atoms with E-state index in [1.54, 1.807) is 14.1 Å². The zero-order valence-electron chi connectivity index (χ0n) is 7.41. The van der Waals surface area contributed by atoms with Crippen LogP contribution >= 0.6 is 12.6 Å². The summed E-state index contributed by atoms with van der Waals surface area (Å²) in [6.07, 6.45) is 0. The van der Waals surface area contributed by atoms with Gasteiger partial charge in [-0.05, 0) is 18.2 Å². The molecule has 1 aromatic rings. The van der Waals surface area contributed by atoms with Gasteiger partial charge < -0.3 is 4.90 Å². The first kappa shape index (κ1) is 10.1. The predicted octanol–water partition coefficient (Wildman–Crippen LogP) is 1.82. The Balaban J connectivity index is 3.13. The van der Waals surface area contributed by atoms with Crippen LogP contribution in [0.3, 0.4) is 0 Å². The van der Waals surface area contributed by atoms with Gasteiger partial charge in [-0.2, -0.15) is 0 Å². The Hall–Kier alpha value is -1.03. The summed E-state index contributed by atoms with van der Waals surface area (Å²) in [5.41, 5.74) is 0.0532. The van der Waals surface area contributed by atoms with Gasteiger partial charge in [-0.1, -0.05) is 0 Å². The van der Waals surface area contributed by atoms with E-state index in [4.69, 9.17) is 0 Å². The number of hydrogen-bond acceptors (Lipinski definition) is 2. The molecule has 13 heavy (non-hydrogen) atoms. The minimum atomic E-state index is -0.517. The van der Waals surface area contributed by atoms with Gasteiger partial charge in [-0.3, -0.25) is 4.79 Å². The fourth-order valence-electron chi connectivity index (χ4n) is 0.918. The molecule has 0 aliphatic carbocycles. The molecular formula is C9H10FNOS. The fourth-order valence-corrected chi connectivity index (χ4v) is 1.12. The topological polar surface area (TPSA) is 20.3 Å². The number of carbonyl (C=O) groups is 1. The molecule has 2 nitrogen and oxygen atoms in total. The van der Waals surface area contributed by atoms with Crippen molar-refractivity contribution in [2.24, 2.45) is 0 Å². The van der Waals surface area contributed by atoms with Gasteiger partial charge in [0.05, 0.1) is 5.56 Å². The maximum atomic E-state index is 13.1. The van der Waals surface area contributed by atoms with Crippen LogP contribution in [-0.4, -0.2) is 24.9 Å². The van der Waals surface area contributed by atoms with Gasteiger partial charge in [0.15, 0.2) is 0 Å². The van der Waals surface area contributed by atoms with E-state index >= 15 is 0 Å². The molecule has 0 bridgehead atoms. The highest BCUT2D eigenvalue weighted by Crippen LogP contribution is 2.14. The number of benzene rings is 1. The molecule has 1 aromatic carbocycles. The summed E-state index contributed by atoms with van der Waals surface area (Å²) in [5, 5.41) is 0. The quantitative estimate of drug-likeness (QED) is 0.684. The van der Waals surface area contributed by atoms with E-state index < -0.39 is 5.82 Å². The summed E-state index contributed by atoms with van der Waals surface area (Å²) in [6, 6.07) is 4.16. The van der Waals surface area contributed by atoms with Crippen molar-refractivity contribution < 1.29 is 9.18 Å². The van der Waals surface area contributed by atoms with Gasteiger partial charge in [0.25, 0.3) is 5.91 Å². The Morgan fingerprint density at radius 3 is 2.62 bits per heavy atom. The van der Waals surface area contributed by atoms with Crippen molar-refractivity contribution in [1.82, 2.24) is 4.90 Å². The number of amides is 1. The van der Waals surface area contributed by atoms with Gasteiger partial charge in [-0.15, -0.1) is 12.6 Å². The largest absolute Gasteiger partial charge is 0.345 e. The summed E-state index contributed by atoms with van der Waals surface area (Å²) in [6.45, 7) is 0. The van der Waals surface area contributed by atoms with Crippen LogP contribution in [0, 0.1) is 5.82 Å². The summed E-state index contributed by atoms with van der Waals surface area (Å²) in [7, 11) is 3.15. The number of rotatable bonds is 1. The van der Waals surface area contributed by atoms with E-state index in [9.17, 15) is 9.18 Å². The van der Waals surface area contributed by atoms with Crippen LogP contribution < -0.4 is 0 Å². The van der Waals surface area contributed by atoms with Crippen LogP contribution in [-0.2, 0) is 0 Å². The first-order chi connectivity index (χ1) is 6.02. The highest BCUT2D eigenvalue weighted by atomic mass is 32.1. The average Bonchev–Trinajstić information content (AvgIpc) is 2.08. The first-order valence-electron chi connectivity index (χ1n) is 3.72. The second-order valence-corrected chi connectivity index (χ2v) is 3.38. The molecule has 0 aliphatic heterocycles. The molecule has 0 heterocycles. The van der Waals surface area contributed by atoms with Crippen molar-refractivity contribution >= 4 is 18.5 Å². The van der Waals surface area contributed by atoms with Gasteiger partial charge in [0, 0.05) is 19.0 Å². The van der Waals surface area contributed by atoms with E-state index in [1.807, 2.05) is 0 Å². The zero-order valence-corrected chi connectivity index (χ0v) is 8.31. The Labute approximate surface area is 81.8 Å². The molecule has 0 saturated carbocycles. The third-order valence-corrected chi connectivity index (χ3v) is 1.86. The summed E-state index contributed by atoms with van der Waals surface area (Å²) in [5.74, 6) is -0.870. The highest BCUT2D eigenvalue weighted by Gasteiger charge is 2.13. The van der Waals surface area contributed by atoms with Crippen molar-refractivity contribution in [3.8, 4) is 0 Å². The molecule has 1 amide bonds. The molecule has 0 unspecified atom stereocenters. The van der Waals surface area contributed by atoms with Crippen LogP contribution in [0.15, 0.2) is 23.1 Å². The Kier molecular flexibility index (Phi) is 2.93.